The SMILES string of the molecule is CCNC(=O)c1noc(-c2cc(C(C)C)c(O)cc2O)c1-c1ccc(CN2CCC(N)CC2)cc1. The Morgan fingerprint density at radius 3 is 2.49 bits per heavy atom. The van der Waals surface area contributed by atoms with E-state index in [1.54, 1.807) is 6.07 Å². The molecule has 1 aliphatic heterocycles. The maximum Gasteiger partial charge on any atom is 0.274 e. The van der Waals surface area contributed by atoms with E-state index in [1.165, 1.54) is 6.07 Å². The molecule has 3 aromatic rings. The van der Waals surface area contributed by atoms with Gasteiger partial charge in [-0.15, -0.1) is 0 Å². The predicted molar refractivity (Wildman–Crippen MR) is 135 cm³/mol. The van der Waals surface area contributed by atoms with E-state index in [-0.39, 0.29) is 34.8 Å². The number of carbonyl (C=O) groups excluding carboxylic acids is 1. The van der Waals surface area contributed by atoms with Gasteiger partial charge in [-0.05, 0) is 61.5 Å². The lowest BCUT2D eigenvalue weighted by Gasteiger charge is -2.30. The highest BCUT2D eigenvalue weighted by molar-refractivity contribution is 6.02. The van der Waals surface area contributed by atoms with E-state index in [4.69, 9.17) is 10.3 Å². The maximum absolute atomic E-state index is 12.8. The summed E-state index contributed by atoms with van der Waals surface area (Å²) >= 11 is 0. The molecule has 1 aromatic heterocycles. The summed E-state index contributed by atoms with van der Waals surface area (Å²) in [5.74, 6) is -0.190. The van der Waals surface area contributed by atoms with E-state index in [0.717, 1.165) is 43.6 Å². The molecule has 1 aliphatic rings. The lowest BCUT2D eigenvalue weighted by molar-refractivity contribution is 0.0947. The average Bonchev–Trinajstić information content (AvgIpc) is 3.26. The Morgan fingerprint density at radius 2 is 1.86 bits per heavy atom. The molecule has 1 amide bonds. The van der Waals surface area contributed by atoms with Gasteiger partial charge < -0.3 is 25.8 Å². The van der Waals surface area contributed by atoms with Gasteiger partial charge in [-0.1, -0.05) is 43.3 Å². The molecule has 8 heteroatoms. The van der Waals surface area contributed by atoms with Crippen molar-refractivity contribution in [3.05, 3.63) is 53.2 Å². The fraction of sp³-hybridized carbons (Fsp3) is 0.407. The van der Waals surface area contributed by atoms with Crippen molar-refractivity contribution in [1.29, 1.82) is 0 Å². The summed E-state index contributed by atoms with van der Waals surface area (Å²) < 4.78 is 5.65. The van der Waals surface area contributed by atoms with Crippen LogP contribution in [0.1, 0.15) is 61.1 Å². The van der Waals surface area contributed by atoms with Gasteiger partial charge in [0.25, 0.3) is 5.91 Å². The van der Waals surface area contributed by atoms with Crippen molar-refractivity contribution < 1.29 is 19.5 Å². The minimum Gasteiger partial charge on any atom is -0.508 e. The van der Waals surface area contributed by atoms with Gasteiger partial charge >= 0.3 is 0 Å². The highest BCUT2D eigenvalue weighted by atomic mass is 16.5. The quantitative estimate of drug-likeness (QED) is 0.401. The molecule has 0 unspecified atom stereocenters. The Kier molecular flexibility index (Phi) is 7.42. The van der Waals surface area contributed by atoms with Gasteiger partial charge in [-0.3, -0.25) is 9.69 Å². The van der Waals surface area contributed by atoms with Crippen molar-refractivity contribution in [3.8, 4) is 33.9 Å². The van der Waals surface area contributed by atoms with Crippen LogP contribution in [-0.2, 0) is 6.54 Å². The van der Waals surface area contributed by atoms with E-state index in [9.17, 15) is 15.0 Å². The third-order valence-corrected chi connectivity index (χ3v) is 6.54. The zero-order valence-corrected chi connectivity index (χ0v) is 20.5. The number of aromatic hydroxyl groups is 2. The lowest BCUT2D eigenvalue weighted by Crippen LogP contribution is -2.39. The molecule has 8 nitrogen and oxygen atoms in total. The number of rotatable bonds is 7. The Balaban J connectivity index is 1.73. The number of hydrogen-bond donors (Lipinski definition) is 4. The Morgan fingerprint density at radius 1 is 1.17 bits per heavy atom. The second kappa shape index (κ2) is 10.5. The molecule has 5 N–H and O–H groups in total. The number of amides is 1. The molecule has 35 heavy (non-hydrogen) atoms. The number of phenols is 2. The van der Waals surface area contributed by atoms with E-state index in [2.05, 4.69) is 15.4 Å². The number of nitrogens with one attached hydrogen (secondary N) is 1. The van der Waals surface area contributed by atoms with Crippen LogP contribution in [0.25, 0.3) is 22.5 Å². The van der Waals surface area contributed by atoms with Crippen LogP contribution in [0.3, 0.4) is 0 Å². The van der Waals surface area contributed by atoms with Crippen molar-refractivity contribution in [1.82, 2.24) is 15.4 Å². The first kappa shape index (κ1) is 24.8. The summed E-state index contributed by atoms with van der Waals surface area (Å²) in [7, 11) is 0. The van der Waals surface area contributed by atoms with Gasteiger partial charge in [-0.25, -0.2) is 0 Å². The number of piperidine rings is 1. The number of aromatic nitrogens is 1. The van der Waals surface area contributed by atoms with Gasteiger partial charge in [0.05, 0.1) is 11.1 Å². The highest BCUT2D eigenvalue weighted by Crippen LogP contribution is 2.43. The molecular formula is C27H34N4O4. The number of nitrogens with zero attached hydrogens (tertiary/aromatic N) is 2. The molecule has 1 fully saturated rings. The van der Waals surface area contributed by atoms with Crippen LogP contribution in [-0.4, -0.2) is 51.9 Å². The summed E-state index contributed by atoms with van der Waals surface area (Å²) in [5, 5.41) is 27.8. The summed E-state index contributed by atoms with van der Waals surface area (Å²) in [4.78, 5) is 15.2. The minimum atomic E-state index is -0.353. The number of benzene rings is 2. The number of hydrogen-bond acceptors (Lipinski definition) is 7. The molecule has 0 spiro atoms. The van der Waals surface area contributed by atoms with E-state index >= 15 is 0 Å². The van der Waals surface area contributed by atoms with Crippen LogP contribution in [0.2, 0.25) is 0 Å². The smallest absolute Gasteiger partial charge is 0.274 e. The molecular weight excluding hydrogens is 444 g/mol. The van der Waals surface area contributed by atoms with Crippen molar-refractivity contribution in [2.75, 3.05) is 19.6 Å². The second-order valence-electron chi connectivity index (χ2n) is 9.49. The fourth-order valence-electron chi connectivity index (χ4n) is 4.53. The normalized spacial score (nSPS) is 15.0. The zero-order valence-electron chi connectivity index (χ0n) is 20.5. The second-order valence-corrected chi connectivity index (χ2v) is 9.49. The summed E-state index contributed by atoms with van der Waals surface area (Å²) in [5.41, 5.74) is 9.63. The predicted octanol–water partition coefficient (Wildman–Crippen LogP) is 4.22. The van der Waals surface area contributed by atoms with Crippen molar-refractivity contribution in [2.24, 2.45) is 5.73 Å². The minimum absolute atomic E-state index is 0.00860. The highest BCUT2D eigenvalue weighted by Gasteiger charge is 2.27. The average molecular weight is 479 g/mol. The van der Waals surface area contributed by atoms with Crippen LogP contribution < -0.4 is 11.1 Å². The first-order valence-electron chi connectivity index (χ1n) is 12.2. The molecule has 0 bridgehead atoms. The lowest BCUT2D eigenvalue weighted by atomic mass is 9.94. The molecule has 2 aromatic carbocycles. The first-order chi connectivity index (χ1) is 16.8. The standard InChI is InChI=1S/C27H34N4O4/c1-4-29-27(34)25-24(18-7-5-17(6-8-18)15-31-11-9-19(28)10-12-31)26(35-30-25)21-13-20(16(2)3)22(32)14-23(21)33/h5-8,13-14,16,19,32-33H,4,9-12,15,28H2,1-3H3,(H,29,34). The fourth-order valence-corrected chi connectivity index (χ4v) is 4.53. The number of likely N-dealkylation sites (tertiary alicyclic amines) is 1. The summed E-state index contributed by atoms with van der Waals surface area (Å²) in [6.07, 6.45) is 2.01. The van der Waals surface area contributed by atoms with Crippen LogP contribution >= 0.6 is 0 Å². The molecule has 4 rings (SSSR count). The summed E-state index contributed by atoms with van der Waals surface area (Å²) in [6, 6.07) is 11.3. The first-order valence-corrected chi connectivity index (χ1v) is 12.2. The largest absolute Gasteiger partial charge is 0.508 e. The Bertz CT molecular complexity index is 1180. The van der Waals surface area contributed by atoms with Gasteiger partial charge in [0.2, 0.25) is 0 Å². The summed E-state index contributed by atoms with van der Waals surface area (Å²) in [6.45, 7) is 8.99. The van der Waals surface area contributed by atoms with E-state index in [0.29, 0.717) is 29.3 Å². The molecule has 186 valence electrons. The number of phenolic OH excluding ortho intramolecular Hbond substituents is 2. The van der Waals surface area contributed by atoms with Crippen LogP contribution in [0.5, 0.6) is 11.5 Å². The third-order valence-electron chi connectivity index (χ3n) is 6.54. The zero-order chi connectivity index (χ0) is 25.1. The van der Waals surface area contributed by atoms with E-state index < -0.39 is 0 Å². The van der Waals surface area contributed by atoms with Gasteiger partial charge in [0, 0.05) is 25.2 Å². The molecule has 0 aliphatic carbocycles. The monoisotopic (exact) mass is 478 g/mol. The molecule has 0 saturated carbocycles. The van der Waals surface area contributed by atoms with Gasteiger partial charge in [0.15, 0.2) is 11.5 Å². The van der Waals surface area contributed by atoms with Crippen molar-refractivity contribution in [2.45, 2.75) is 52.1 Å². The Labute approximate surface area is 205 Å². The maximum atomic E-state index is 12.8. The molecule has 1 saturated heterocycles. The number of nitrogens with two attached hydrogens (primary N) is 1. The van der Waals surface area contributed by atoms with Gasteiger partial charge in [0.1, 0.15) is 11.5 Å². The molecule has 0 atom stereocenters. The van der Waals surface area contributed by atoms with E-state index in [1.807, 2.05) is 45.0 Å². The van der Waals surface area contributed by atoms with Crippen LogP contribution in [0, 0.1) is 0 Å². The number of carbonyl (C=O) groups is 1. The van der Waals surface area contributed by atoms with Crippen LogP contribution in [0.4, 0.5) is 0 Å². The van der Waals surface area contributed by atoms with Crippen LogP contribution in [0.15, 0.2) is 40.9 Å². The molecule has 0 radical (unpaired) electrons. The third kappa shape index (κ3) is 5.33. The van der Waals surface area contributed by atoms with Crippen molar-refractivity contribution >= 4 is 5.91 Å². The molecule has 2 heterocycles. The van der Waals surface area contributed by atoms with Crippen molar-refractivity contribution in [3.63, 3.8) is 0 Å². The van der Waals surface area contributed by atoms with Gasteiger partial charge in [-0.2, -0.15) is 0 Å². The Hall–Kier alpha value is -3.36. The topological polar surface area (TPSA) is 125 Å².